The van der Waals surface area contributed by atoms with Crippen molar-refractivity contribution in [2.45, 2.75) is 77.9 Å². The summed E-state index contributed by atoms with van der Waals surface area (Å²) in [7, 11) is 1.35. The molecule has 4 rings (SSSR count). The van der Waals surface area contributed by atoms with Crippen LogP contribution in [0.25, 0.3) is 0 Å². The average Bonchev–Trinajstić information content (AvgIpc) is 3.51. The number of halogens is 1. The number of carboxylic acids is 1. The van der Waals surface area contributed by atoms with Crippen LogP contribution in [-0.2, 0) is 9.59 Å². The van der Waals surface area contributed by atoms with E-state index < -0.39 is 34.4 Å². The standard InChI is InChI=1S/C29H38FN3O6/c1-28(2,14-31)15-32-26(35)23-16-5-6-17(11-16)24(23)33-25(34)19-12-22(20(30)13-21(19)38-4)39-18-7-9-29(3,10-8-18)27(36)37/h12-13,16-18,23-24H,5-11,15H2,1-4H3,(H,32,35)(H,33,34)(H,36,37). The molecular weight excluding hydrogens is 505 g/mol. The summed E-state index contributed by atoms with van der Waals surface area (Å²) in [6.07, 6.45) is 4.05. The van der Waals surface area contributed by atoms with Crippen LogP contribution in [0.5, 0.6) is 11.5 Å². The lowest BCUT2D eigenvalue weighted by Gasteiger charge is -2.34. The Kier molecular flexibility index (Phi) is 8.10. The molecule has 9 nitrogen and oxygen atoms in total. The molecule has 4 atom stereocenters. The molecule has 0 aromatic heterocycles. The second-order valence-electron chi connectivity index (χ2n) is 12.2. The van der Waals surface area contributed by atoms with Crippen molar-refractivity contribution in [3.8, 4) is 17.6 Å². The Hall–Kier alpha value is -3.35. The second-order valence-corrected chi connectivity index (χ2v) is 12.2. The quantitative estimate of drug-likeness (QED) is 0.427. The van der Waals surface area contributed by atoms with E-state index in [1.807, 2.05) is 0 Å². The van der Waals surface area contributed by atoms with Crippen LogP contribution < -0.4 is 20.1 Å². The molecule has 3 N–H and O–H groups in total. The van der Waals surface area contributed by atoms with Crippen molar-refractivity contribution in [2.75, 3.05) is 13.7 Å². The van der Waals surface area contributed by atoms with E-state index >= 15 is 0 Å². The van der Waals surface area contributed by atoms with Crippen LogP contribution in [0.2, 0.25) is 0 Å². The van der Waals surface area contributed by atoms with Gasteiger partial charge in [-0.2, -0.15) is 5.26 Å². The van der Waals surface area contributed by atoms with Gasteiger partial charge < -0.3 is 25.2 Å². The number of methoxy groups -OCH3 is 1. The normalized spacial score (nSPS) is 29.8. The summed E-state index contributed by atoms with van der Waals surface area (Å²) in [6.45, 7) is 5.43. The van der Waals surface area contributed by atoms with Crippen molar-refractivity contribution in [1.29, 1.82) is 5.26 Å². The maximum Gasteiger partial charge on any atom is 0.309 e. The summed E-state index contributed by atoms with van der Waals surface area (Å²) in [5.41, 5.74) is -1.42. The van der Waals surface area contributed by atoms with Gasteiger partial charge in [0.1, 0.15) is 5.75 Å². The van der Waals surface area contributed by atoms with Gasteiger partial charge in [0.15, 0.2) is 11.6 Å². The van der Waals surface area contributed by atoms with E-state index in [9.17, 15) is 29.1 Å². The molecule has 0 heterocycles. The molecule has 1 aromatic rings. The molecule has 3 aliphatic rings. The SMILES string of the molecule is COc1cc(F)c(OC2CCC(C)(C(=O)O)CC2)cc1C(=O)NC1C2CCC(C2)C1C(=O)NCC(C)(C)C#N. The first-order chi connectivity index (χ1) is 18.4. The number of carboxylic acid groups (broad SMARTS) is 1. The number of hydrogen-bond donors (Lipinski definition) is 3. The fourth-order valence-electron chi connectivity index (χ4n) is 6.28. The molecule has 39 heavy (non-hydrogen) atoms. The van der Waals surface area contributed by atoms with Crippen LogP contribution in [0.4, 0.5) is 4.39 Å². The van der Waals surface area contributed by atoms with Crippen molar-refractivity contribution in [2.24, 2.45) is 28.6 Å². The zero-order valence-corrected chi connectivity index (χ0v) is 23.0. The Morgan fingerprint density at radius 1 is 1.15 bits per heavy atom. The highest BCUT2D eigenvalue weighted by Crippen LogP contribution is 2.49. The maximum absolute atomic E-state index is 14.9. The minimum Gasteiger partial charge on any atom is -0.496 e. The van der Waals surface area contributed by atoms with E-state index in [2.05, 4.69) is 16.7 Å². The lowest BCUT2D eigenvalue weighted by Crippen LogP contribution is -2.50. The highest BCUT2D eigenvalue weighted by Gasteiger charge is 2.51. The van der Waals surface area contributed by atoms with Crippen molar-refractivity contribution >= 4 is 17.8 Å². The van der Waals surface area contributed by atoms with E-state index in [1.54, 1.807) is 20.8 Å². The Balaban J connectivity index is 1.48. The first kappa shape index (κ1) is 28.7. The third-order valence-corrected chi connectivity index (χ3v) is 8.87. The number of benzene rings is 1. The van der Waals surface area contributed by atoms with E-state index in [0.717, 1.165) is 25.3 Å². The van der Waals surface area contributed by atoms with Gasteiger partial charge in [0.2, 0.25) is 5.91 Å². The number of hydrogen-bond acceptors (Lipinski definition) is 6. The predicted octanol–water partition coefficient (Wildman–Crippen LogP) is 4.06. The fraction of sp³-hybridized carbons (Fsp3) is 0.655. The van der Waals surface area contributed by atoms with E-state index in [1.165, 1.54) is 13.2 Å². The number of nitriles is 1. The number of carbonyl (C=O) groups is 3. The van der Waals surface area contributed by atoms with Gasteiger partial charge in [-0.05, 0) is 83.6 Å². The first-order valence-corrected chi connectivity index (χ1v) is 13.6. The highest BCUT2D eigenvalue weighted by atomic mass is 19.1. The number of nitrogens with zero attached hydrogens (tertiary/aromatic N) is 1. The summed E-state index contributed by atoms with van der Waals surface area (Å²) in [5.74, 6) is -2.30. The number of carbonyl (C=O) groups excluding carboxylic acids is 2. The van der Waals surface area contributed by atoms with E-state index in [0.29, 0.717) is 25.7 Å². The monoisotopic (exact) mass is 543 g/mol. The van der Waals surface area contributed by atoms with Gasteiger partial charge in [-0.1, -0.05) is 0 Å². The van der Waals surface area contributed by atoms with Crippen LogP contribution in [0.15, 0.2) is 12.1 Å². The smallest absolute Gasteiger partial charge is 0.309 e. The molecule has 1 aromatic carbocycles. The number of amides is 2. The first-order valence-electron chi connectivity index (χ1n) is 13.6. The molecule has 0 aliphatic heterocycles. The fourth-order valence-corrected chi connectivity index (χ4v) is 6.28. The molecule has 0 radical (unpaired) electrons. The number of nitrogens with one attached hydrogen (secondary N) is 2. The molecule has 212 valence electrons. The van der Waals surface area contributed by atoms with Gasteiger partial charge in [-0.3, -0.25) is 14.4 Å². The summed E-state index contributed by atoms with van der Waals surface area (Å²) in [4.78, 5) is 38.2. The van der Waals surface area contributed by atoms with Crippen molar-refractivity contribution in [3.05, 3.63) is 23.5 Å². The third-order valence-electron chi connectivity index (χ3n) is 8.87. The molecule has 0 spiro atoms. The zero-order chi connectivity index (χ0) is 28.5. The maximum atomic E-state index is 14.9. The van der Waals surface area contributed by atoms with E-state index in [-0.39, 0.29) is 53.5 Å². The average molecular weight is 544 g/mol. The van der Waals surface area contributed by atoms with Crippen LogP contribution in [0, 0.1) is 45.7 Å². The number of aliphatic carboxylic acids is 1. The van der Waals surface area contributed by atoms with Crippen molar-refractivity contribution in [1.82, 2.24) is 10.6 Å². The van der Waals surface area contributed by atoms with Crippen molar-refractivity contribution in [3.63, 3.8) is 0 Å². The topological polar surface area (TPSA) is 138 Å². The van der Waals surface area contributed by atoms with Gasteiger partial charge in [0.25, 0.3) is 5.91 Å². The summed E-state index contributed by atoms with van der Waals surface area (Å²) in [6, 6.07) is 4.24. The molecule has 4 unspecified atom stereocenters. The highest BCUT2D eigenvalue weighted by molar-refractivity contribution is 5.98. The minimum absolute atomic E-state index is 0.0550. The van der Waals surface area contributed by atoms with Gasteiger partial charge in [-0.15, -0.1) is 0 Å². The zero-order valence-electron chi connectivity index (χ0n) is 23.0. The Morgan fingerprint density at radius 3 is 2.44 bits per heavy atom. The molecule has 2 amide bonds. The Bertz CT molecular complexity index is 1170. The van der Waals surface area contributed by atoms with Gasteiger partial charge in [0, 0.05) is 18.7 Å². The molecule has 3 saturated carbocycles. The predicted molar refractivity (Wildman–Crippen MR) is 140 cm³/mol. The van der Waals surface area contributed by atoms with Gasteiger partial charge in [0.05, 0.1) is 41.6 Å². The molecule has 2 bridgehead atoms. The Morgan fingerprint density at radius 2 is 1.82 bits per heavy atom. The van der Waals surface area contributed by atoms with E-state index in [4.69, 9.17) is 9.47 Å². The molecular formula is C29H38FN3O6. The number of ether oxygens (including phenoxy) is 2. The van der Waals surface area contributed by atoms with Gasteiger partial charge in [-0.25, -0.2) is 4.39 Å². The van der Waals surface area contributed by atoms with Crippen LogP contribution in [-0.4, -0.2) is 48.7 Å². The lowest BCUT2D eigenvalue weighted by atomic mass is 9.75. The molecule has 3 fully saturated rings. The van der Waals surface area contributed by atoms with Crippen molar-refractivity contribution < 1.29 is 33.4 Å². The second kappa shape index (κ2) is 11.0. The van der Waals surface area contributed by atoms with Crippen LogP contribution in [0.1, 0.15) is 76.1 Å². The van der Waals surface area contributed by atoms with Gasteiger partial charge >= 0.3 is 5.97 Å². The minimum atomic E-state index is -0.850. The van der Waals surface area contributed by atoms with Crippen LogP contribution in [0.3, 0.4) is 0 Å². The van der Waals surface area contributed by atoms with Crippen LogP contribution >= 0.6 is 0 Å². The molecule has 3 aliphatic carbocycles. The lowest BCUT2D eigenvalue weighted by molar-refractivity contribution is -0.150. The molecule has 10 heteroatoms. The molecule has 0 saturated heterocycles. The summed E-state index contributed by atoms with van der Waals surface area (Å²) < 4.78 is 26.1. The number of rotatable bonds is 9. The third kappa shape index (κ3) is 5.97. The summed E-state index contributed by atoms with van der Waals surface area (Å²) >= 11 is 0. The largest absolute Gasteiger partial charge is 0.496 e. The summed E-state index contributed by atoms with van der Waals surface area (Å²) in [5, 5.41) is 24.7. The number of fused-ring (bicyclic) bond motifs is 2. The Labute approximate surface area is 228 Å².